The summed E-state index contributed by atoms with van der Waals surface area (Å²) in [6, 6.07) is 12.2. The summed E-state index contributed by atoms with van der Waals surface area (Å²) in [5, 5.41) is 2.81. The van der Waals surface area contributed by atoms with Crippen LogP contribution in [0.15, 0.2) is 47.3 Å². The number of aromatic nitrogens is 1. The maximum absolute atomic E-state index is 12.8. The van der Waals surface area contributed by atoms with Gasteiger partial charge >= 0.3 is 0 Å². The number of benzene rings is 1. The summed E-state index contributed by atoms with van der Waals surface area (Å²) in [6.45, 7) is 5.11. The van der Waals surface area contributed by atoms with Crippen molar-refractivity contribution in [1.29, 1.82) is 0 Å². The van der Waals surface area contributed by atoms with E-state index in [9.17, 15) is 14.4 Å². The Balaban J connectivity index is 1.70. The highest BCUT2D eigenvalue weighted by molar-refractivity contribution is 5.97. The molecule has 2 heterocycles. The van der Waals surface area contributed by atoms with E-state index < -0.39 is 6.04 Å². The number of carbonyl (C=O) groups is 2. The summed E-state index contributed by atoms with van der Waals surface area (Å²) in [7, 11) is 0. The topological polar surface area (TPSA) is 82.3 Å². The normalized spacial score (nSPS) is 17.2. The largest absolute Gasteiger partial charge is 0.340 e. The SMILES string of the molecule is CC(C)c1cc(C(=O)N[C@@H]2CCCN(Cc3ccccc3)C2=O)cc(=O)[nH]1. The number of nitrogens with zero attached hydrogens (tertiary/aromatic N) is 1. The first-order valence-electron chi connectivity index (χ1n) is 9.32. The second-order valence-corrected chi connectivity index (χ2v) is 7.26. The van der Waals surface area contributed by atoms with E-state index in [0.29, 0.717) is 25.2 Å². The van der Waals surface area contributed by atoms with Gasteiger partial charge in [0, 0.05) is 30.4 Å². The number of piperidine rings is 1. The van der Waals surface area contributed by atoms with Crippen molar-refractivity contribution >= 4 is 11.8 Å². The fourth-order valence-corrected chi connectivity index (χ4v) is 3.28. The molecule has 1 aromatic carbocycles. The lowest BCUT2D eigenvalue weighted by atomic mass is 10.0. The van der Waals surface area contributed by atoms with Gasteiger partial charge in [-0.15, -0.1) is 0 Å². The molecule has 1 saturated heterocycles. The molecule has 2 amide bonds. The van der Waals surface area contributed by atoms with Crippen molar-refractivity contribution in [2.75, 3.05) is 6.54 Å². The standard InChI is InChI=1S/C21H25N3O3/c1-14(2)18-11-16(12-19(25)22-18)20(26)23-17-9-6-10-24(21(17)27)13-15-7-4-3-5-8-15/h3-5,7-8,11-12,14,17H,6,9-10,13H2,1-2H3,(H,22,25)(H,23,26)/t17-/m1/s1. The number of likely N-dealkylation sites (tertiary alicyclic amines) is 1. The van der Waals surface area contributed by atoms with Gasteiger partial charge in [-0.2, -0.15) is 0 Å². The molecule has 6 heteroatoms. The van der Waals surface area contributed by atoms with Crippen LogP contribution in [0.3, 0.4) is 0 Å². The van der Waals surface area contributed by atoms with Gasteiger partial charge in [0.1, 0.15) is 6.04 Å². The van der Waals surface area contributed by atoms with Gasteiger partial charge in [-0.3, -0.25) is 14.4 Å². The quantitative estimate of drug-likeness (QED) is 0.851. The molecule has 2 aromatic rings. The van der Waals surface area contributed by atoms with Crippen LogP contribution in [0.5, 0.6) is 0 Å². The maximum Gasteiger partial charge on any atom is 0.252 e. The van der Waals surface area contributed by atoms with Crippen molar-refractivity contribution in [3.63, 3.8) is 0 Å². The molecule has 6 nitrogen and oxygen atoms in total. The van der Waals surface area contributed by atoms with Gasteiger partial charge in [0.25, 0.3) is 5.91 Å². The number of carbonyl (C=O) groups excluding carboxylic acids is 2. The monoisotopic (exact) mass is 367 g/mol. The number of rotatable bonds is 5. The number of hydrogen-bond acceptors (Lipinski definition) is 3. The molecule has 1 aliphatic rings. The number of nitrogens with one attached hydrogen (secondary N) is 2. The Morgan fingerprint density at radius 3 is 2.67 bits per heavy atom. The number of amides is 2. The van der Waals surface area contributed by atoms with Crippen LogP contribution in [0.2, 0.25) is 0 Å². The molecule has 142 valence electrons. The third kappa shape index (κ3) is 4.64. The van der Waals surface area contributed by atoms with E-state index in [2.05, 4.69) is 10.3 Å². The zero-order chi connectivity index (χ0) is 19.4. The van der Waals surface area contributed by atoms with Gasteiger partial charge in [0.05, 0.1) is 0 Å². The van der Waals surface area contributed by atoms with Crippen LogP contribution in [-0.2, 0) is 11.3 Å². The molecule has 0 unspecified atom stereocenters. The summed E-state index contributed by atoms with van der Waals surface area (Å²) >= 11 is 0. The predicted molar refractivity (Wildman–Crippen MR) is 103 cm³/mol. The first kappa shape index (κ1) is 18.9. The average Bonchev–Trinajstić information content (AvgIpc) is 2.65. The Bertz CT molecular complexity index is 874. The van der Waals surface area contributed by atoms with Crippen LogP contribution in [0.1, 0.15) is 54.2 Å². The Labute approximate surface area is 158 Å². The van der Waals surface area contributed by atoms with Gasteiger partial charge < -0.3 is 15.2 Å². The minimum atomic E-state index is -0.559. The summed E-state index contributed by atoms with van der Waals surface area (Å²) < 4.78 is 0. The lowest BCUT2D eigenvalue weighted by Crippen LogP contribution is -2.52. The molecule has 2 N–H and O–H groups in total. The van der Waals surface area contributed by atoms with Gasteiger partial charge in [-0.05, 0) is 30.4 Å². The van der Waals surface area contributed by atoms with E-state index in [4.69, 9.17) is 0 Å². The van der Waals surface area contributed by atoms with Crippen molar-refractivity contribution in [1.82, 2.24) is 15.2 Å². The summed E-state index contributed by atoms with van der Waals surface area (Å²) in [6.07, 6.45) is 1.44. The second kappa shape index (κ2) is 8.20. The minimum Gasteiger partial charge on any atom is -0.340 e. The molecule has 1 aliphatic heterocycles. The van der Waals surface area contributed by atoms with Crippen molar-refractivity contribution in [3.05, 3.63) is 69.6 Å². The van der Waals surface area contributed by atoms with Crippen LogP contribution >= 0.6 is 0 Å². The first-order chi connectivity index (χ1) is 12.9. The maximum atomic E-state index is 12.8. The van der Waals surface area contributed by atoms with Gasteiger partial charge in [-0.25, -0.2) is 0 Å². The van der Waals surface area contributed by atoms with Crippen LogP contribution in [0.4, 0.5) is 0 Å². The lowest BCUT2D eigenvalue weighted by Gasteiger charge is -2.32. The molecule has 1 atom stereocenters. The summed E-state index contributed by atoms with van der Waals surface area (Å²) in [4.78, 5) is 41.7. The molecule has 3 rings (SSSR count). The highest BCUT2D eigenvalue weighted by Gasteiger charge is 2.30. The van der Waals surface area contributed by atoms with Gasteiger partial charge in [0.15, 0.2) is 0 Å². The Kier molecular flexibility index (Phi) is 5.74. The van der Waals surface area contributed by atoms with Gasteiger partial charge in [0.2, 0.25) is 11.5 Å². The van der Waals surface area contributed by atoms with E-state index in [1.165, 1.54) is 6.07 Å². The number of aromatic amines is 1. The Morgan fingerprint density at radius 1 is 1.22 bits per heavy atom. The van der Waals surface area contributed by atoms with Crippen molar-refractivity contribution < 1.29 is 9.59 Å². The number of hydrogen-bond donors (Lipinski definition) is 2. The smallest absolute Gasteiger partial charge is 0.252 e. The Hall–Kier alpha value is -2.89. The zero-order valence-corrected chi connectivity index (χ0v) is 15.7. The van der Waals surface area contributed by atoms with Crippen LogP contribution < -0.4 is 10.9 Å². The Morgan fingerprint density at radius 2 is 1.96 bits per heavy atom. The van der Waals surface area contributed by atoms with Crippen molar-refractivity contribution in [2.24, 2.45) is 0 Å². The van der Waals surface area contributed by atoms with E-state index in [-0.39, 0.29) is 28.9 Å². The number of H-pyrrole nitrogens is 1. The molecule has 27 heavy (non-hydrogen) atoms. The van der Waals surface area contributed by atoms with E-state index in [1.54, 1.807) is 11.0 Å². The molecule has 0 bridgehead atoms. The third-order valence-corrected chi connectivity index (χ3v) is 4.80. The van der Waals surface area contributed by atoms with E-state index >= 15 is 0 Å². The molecule has 0 saturated carbocycles. The molecule has 0 spiro atoms. The fraction of sp³-hybridized carbons (Fsp3) is 0.381. The molecule has 1 aromatic heterocycles. The lowest BCUT2D eigenvalue weighted by molar-refractivity contribution is -0.136. The first-order valence-corrected chi connectivity index (χ1v) is 9.32. The average molecular weight is 367 g/mol. The number of pyridine rings is 1. The molecular formula is C21H25N3O3. The van der Waals surface area contributed by atoms with E-state index in [0.717, 1.165) is 12.0 Å². The predicted octanol–water partition coefficient (Wildman–Crippen LogP) is 2.42. The van der Waals surface area contributed by atoms with Crippen LogP contribution in [0.25, 0.3) is 0 Å². The molecule has 1 fully saturated rings. The molecule has 0 aliphatic carbocycles. The van der Waals surface area contributed by atoms with Crippen LogP contribution in [0, 0.1) is 0 Å². The zero-order valence-electron chi connectivity index (χ0n) is 15.7. The summed E-state index contributed by atoms with van der Waals surface area (Å²) in [5.41, 5.74) is 1.74. The highest BCUT2D eigenvalue weighted by Crippen LogP contribution is 2.16. The van der Waals surface area contributed by atoms with Crippen LogP contribution in [-0.4, -0.2) is 34.3 Å². The third-order valence-electron chi connectivity index (χ3n) is 4.80. The molecular weight excluding hydrogens is 342 g/mol. The second-order valence-electron chi connectivity index (χ2n) is 7.26. The van der Waals surface area contributed by atoms with Gasteiger partial charge in [-0.1, -0.05) is 44.2 Å². The minimum absolute atomic E-state index is 0.0765. The van der Waals surface area contributed by atoms with E-state index in [1.807, 2.05) is 44.2 Å². The summed E-state index contributed by atoms with van der Waals surface area (Å²) in [5.74, 6) is -0.363. The molecule has 0 radical (unpaired) electrons. The van der Waals surface area contributed by atoms with Crippen molar-refractivity contribution in [2.45, 2.75) is 45.2 Å². The fourth-order valence-electron chi connectivity index (χ4n) is 3.28. The highest BCUT2D eigenvalue weighted by atomic mass is 16.2. The van der Waals surface area contributed by atoms with Crippen molar-refractivity contribution in [3.8, 4) is 0 Å².